The highest BCUT2D eigenvalue weighted by atomic mass is 79.9. The minimum Gasteiger partial charge on any atom is -0.445 e. The van der Waals surface area contributed by atoms with Crippen LogP contribution in [0.15, 0.2) is 120 Å². The standard InChI is InChI=1S/C32H21BrN2O3/c33-22-16-14-20(15-17-22)29-18-25(23-10-5-7-13-28(23)35-29)32(37)38-31(21-8-2-1-3-9-21)30(36)26-19-34-27-12-6-4-11-24(26)27/h1-19,31,34H. The van der Waals surface area contributed by atoms with E-state index in [2.05, 4.69) is 20.9 Å². The number of aromatic nitrogens is 2. The summed E-state index contributed by atoms with van der Waals surface area (Å²) >= 11 is 3.46. The van der Waals surface area contributed by atoms with Crippen LogP contribution < -0.4 is 0 Å². The topological polar surface area (TPSA) is 72.1 Å². The number of esters is 1. The lowest BCUT2D eigenvalue weighted by Crippen LogP contribution is -2.20. The SMILES string of the molecule is O=C(OC(C(=O)c1c[nH]c2ccccc12)c1ccccc1)c1cc(-c2ccc(Br)cc2)nc2ccccc12. The predicted molar refractivity (Wildman–Crippen MR) is 152 cm³/mol. The van der Waals surface area contributed by atoms with Crippen LogP contribution in [0.3, 0.4) is 0 Å². The molecule has 1 atom stereocenters. The van der Waals surface area contributed by atoms with Gasteiger partial charge in [-0.3, -0.25) is 4.79 Å². The second-order valence-electron chi connectivity index (χ2n) is 8.89. The fourth-order valence-corrected chi connectivity index (χ4v) is 4.87. The molecule has 0 spiro atoms. The third kappa shape index (κ3) is 4.51. The summed E-state index contributed by atoms with van der Waals surface area (Å²) in [5.74, 6) is -0.891. The molecule has 1 N–H and O–H groups in total. The van der Waals surface area contributed by atoms with Gasteiger partial charge in [-0.15, -0.1) is 0 Å². The van der Waals surface area contributed by atoms with Gasteiger partial charge in [0, 0.05) is 43.6 Å². The Morgan fingerprint density at radius 3 is 2.24 bits per heavy atom. The normalized spacial score (nSPS) is 11.9. The maximum absolute atomic E-state index is 13.9. The van der Waals surface area contributed by atoms with Crippen LogP contribution in [0.2, 0.25) is 0 Å². The molecule has 2 aromatic heterocycles. The Balaban J connectivity index is 1.43. The van der Waals surface area contributed by atoms with Crippen LogP contribution in [-0.2, 0) is 4.74 Å². The van der Waals surface area contributed by atoms with Gasteiger partial charge in [-0.25, -0.2) is 9.78 Å². The molecule has 0 fully saturated rings. The molecule has 6 rings (SSSR count). The molecule has 0 saturated carbocycles. The molecule has 1 unspecified atom stereocenters. The quantitative estimate of drug-likeness (QED) is 0.166. The molecule has 6 heteroatoms. The molecule has 6 aromatic rings. The molecule has 0 bridgehead atoms. The van der Waals surface area contributed by atoms with Crippen LogP contribution in [0, 0.1) is 0 Å². The van der Waals surface area contributed by atoms with Gasteiger partial charge in [0.25, 0.3) is 0 Å². The van der Waals surface area contributed by atoms with E-state index < -0.39 is 12.1 Å². The molecule has 0 aliphatic heterocycles. The first kappa shape index (κ1) is 23.8. The number of benzene rings is 4. The highest BCUT2D eigenvalue weighted by molar-refractivity contribution is 9.10. The molecule has 0 aliphatic carbocycles. The van der Waals surface area contributed by atoms with E-state index in [1.807, 2.05) is 91.0 Å². The molecule has 0 saturated heterocycles. The number of aromatic amines is 1. The van der Waals surface area contributed by atoms with Gasteiger partial charge in [0.15, 0.2) is 6.10 Å². The van der Waals surface area contributed by atoms with Gasteiger partial charge < -0.3 is 9.72 Å². The first-order valence-electron chi connectivity index (χ1n) is 12.1. The van der Waals surface area contributed by atoms with Crippen LogP contribution >= 0.6 is 15.9 Å². The molecular weight excluding hydrogens is 540 g/mol. The number of hydrogen-bond acceptors (Lipinski definition) is 4. The average molecular weight is 561 g/mol. The Kier molecular flexibility index (Phi) is 6.32. The Morgan fingerprint density at radius 2 is 1.45 bits per heavy atom. The summed E-state index contributed by atoms with van der Waals surface area (Å²) in [4.78, 5) is 35.6. The first-order valence-corrected chi connectivity index (χ1v) is 12.9. The molecular formula is C32H21BrN2O3. The summed E-state index contributed by atoms with van der Waals surface area (Å²) in [5, 5.41) is 1.44. The average Bonchev–Trinajstić information content (AvgIpc) is 3.40. The number of H-pyrrole nitrogens is 1. The number of pyridine rings is 1. The third-order valence-electron chi connectivity index (χ3n) is 6.50. The number of carbonyl (C=O) groups is 2. The van der Waals surface area contributed by atoms with Crippen molar-refractivity contribution in [1.29, 1.82) is 0 Å². The highest BCUT2D eigenvalue weighted by Crippen LogP contribution is 2.31. The van der Waals surface area contributed by atoms with Crippen LogP contribution in [0.1, 0.15) is 32.4 Å². The first-order chi connectivity index (χ1) is 18.6. The van der Waals surface area contributed by atoms with Crippen molar-refractivity contribution in [2.24, 2.45) is 0 Å². The molecule has 2 heterocycles. The van der Waals surface area contributed by atoms with Crippen molar-refractivity contribution in [3.05, 3.63) is 137 Å². The summed E-state index contributed by atoms with van der Waals surface area (Å²) < 4.78 is 6.98. The van der Waals surface area contributed by atoms with Crippen molar-refractivity contribution in [3.8, 4) is 11.3 Å². The number of para-hydroxylation sites is 2. The van der Waals surface area contributed by atoms with Gasteiger partial charge in [-0.05, 0) is 30.3 Å². The predicted octanol–water partition coefficient (Wildman–Crippen LogP) is 7.93. The molecule has 38 heavy (non-hydrogen) atoms. The summed E-state index contributed by atoms with van der Waals surface area (Å²) in [7, 11) is 0. The largest absolute Gasteiger partial charge is 0.445 e. The van der Waals surface area contributed by atoms with Crippen molar-refractivity contribution >= 4 is 49.5 Å². The number of carbonyl (C=O) groups excluding carboxylic acids is 2. The van der Waals surface area contributed by atoms with Crippen LogP contribution in [-0.4, -0.2) is 21.7 Å². The monoisotopic (exact) mass is 560 g/mol. The summed E-state index contributed by atoms with van der Waals surface area (Å²) in [5.41, 5.74) is 4.43. The number of ketones is 1. The minimum atomic E-state index is -1.12. The van der Waals surface area contributed by atoms with E-state index >= 15 is 0 Å². The summed E-state index contributed by atoms with van der Waals surface area (Å²) in [6.07, 6.45) is 0.551. The molecule has 184 valence electrons. The zero-order valence-corrected chi connectivity index (χ0v) is 21.7. The number of ether oxygens (including phenoxy) is 1. The van der Waals surface area contributed by atoms with E-state index in [-0.39, 0.29) is 5.78 Å². The van der Waals surface area contributed by atoms with E-state index in [0.717, 1.165) is 20.9 Å². The molecule has 0 amide bonds. The summed E-state index contributed by atoms with van der Waals surface area (Å²) in [6, 6.07) is 33.5. The maximum Gasteiger partial charge on any atom is 0.339 e. The van der Waals surface area contributed by atoms with Crippen molar-refractivity contribution in [1.82, 2.24) is 9.97 Å². The Bertz CT molecular complexity index is 1790. The van der Waals surface area contributed by atoms with Gasteiger partial charge in [0.2, 0.25) is 5.78 Å². The van der Waals surface area contributed by atoms with Gasteiger partial charge in [0.05, 0.1) is 16.8 Å². The van der Waals surface area contributed by atoms with Gasteiger partial charge in [0.1, 0.15) is 0 Å². The van der Waals surface area contributed by atoms with Crippen molar-refractivity contribution in [2.45, 2.75) is 6.10 Å². The zero-order valence-electron chi connectivity index (χ0n) is 20.1. The number of nitrogens with zero attached hydrogens (tertiary/aromatic N) is 1. The van der Waals surface area contributed by atoms with E-state index in [1.165, 1.54) is 0 Å². The lowest BCUT2D eigenvalue weighted by atomic mass is 9.99. The third-order valence-corrected chi connectivity index (χ3v) is 7.02. The Hall–Kier alpha value is -4.55. The molecule has 0 radical (unpaired) electrons. The zero-order chi connectivity index (χ0) is 26.1. The lowest BCUT2D eigenvalue weighted by Gasteiger charge is -2.18. The summed E-state index contributed by atoms with van der Waals surface area (Å²) in [6.45, 7) is 0. The van der Waals surface area contributed by atoms with Gasteiger partial charge in [-0.2, -0.15) is 0 Å². The van der Waals surface area contributed by atoms with Gasteiger partial charge >= 0.3 is 5.97 Å². The van der Waals surface area contributed by atoms with Crippen LogP contribution in [0.25, 0.3) is 33.1 Å². The minimum absolute atomic E-state index is 0.298. The second kappa shape index (κ2) is 10.1. The van der Waals surface area contributed by atoms with E-state index in [4.69, 9.17) is 9.72 Å². The smallest absolute Gasteiger partial charge is 0.339 e. The Morgan fingerprint density at radius 1 is 0.763 bits per heavy atom. The van der Waals surface area contributed by atoms with Crippen molar-refractivity contribution in [3.63, 3.8) is 0 Å². The fraction of sp³-hybridized carbons (Fsp3) is 0.0312. The lowest BCUT2D eigenvalue weighted by molar-refractivity contribution is 0.0282. The molecule has 0 aliphatic rings. The highest BCUT2D eigenvalue weighted by Gasteiger charge is 2.29. The van der Waals surface area contributed by atoms with Crippen LogP contribution in [0.4, 0.5) is 0 Å². The molecule has 4 aromatic carbocycles. The number of hydrogen-bond donors (Lipinski definition) is 1. The second-order valence-corrected chi connectivity index (χ2v) is 9.80. The van der Waals surface area contributed by atoms with E-state index in [0.29, 0.717) is 33.3 Å². The van der Waals surface area contributed by atoms with Crippen molar-refractivity contribution < 1.29 is 14.3 Å². The fourth-order valence-electron chi connectivity index (χ4n) is 4.60. The number of nitrogens with one attached hydrogen (secondary N) is 1. The van der Waals surface area contributed by atoms with E-state index in [9.17, 15) is 9.59 Å². The number of halogens is 1. The van der Waals surface area contributed by atoms with Crippen molar-refractivity contribution in [2.75, 3.05) is 0 Å². The van der Waals surface area contributed by atoms with E-state index in [1.54, 1.807) is 24.4 Å². The Labute approximate surface area is 227 Å². The number of rotatable bonds is 6. The van der Waals surface area contributed by atoms with Gasteiger partial charge in [-0.1, -0.05) is 94.8 Å². The molecule has 5 nitrogen and oxygen atoms in total. The maximum atomic E-state index is 13.9. The number of Topliss-reactive ketones (excluding diaryl/α,β-unsaturated/α-hetero) is 1. The van der Waals surface area contributed by atoms with Crippen LogP contribution in [0.5, 0.6) is 0 Å². The number of fused-ring (bicyclic) bond motifs is 2.